The normalized spacial score (nSPS) is 13.7. The standard InChI is InChI=1S/C10H16N2O5S2/c1-5(2)7(8(13)14)4-11-19(16,17)9-6(3)12-10(15)18-9/h5,7,11H,4H2,1-3H3,(H,12,15)(H,13,14). The topological polar surface area (TPSA) is 116 Å². The highest BCUT2D eigenvalue weighted by Crippen LogP contribution is 2.17. The summed E-state index contributed by atoms with van der Waals surface area (Å²) in [7, 11) is -3.86. The van der Waals surface area contributed by atoms with E-state index in [0.29, 0.717) is 11.3 Å². The fourth-order valence-corrected chi connectivity index (χ4v) is 3.92. The molecule has 0 spiro atoms. The first-order valence-electron chi connectivity index (χ1n) is 5.57. The molecule has 0 bridgehead atoms. The zero-order valence-corrected chi connectivity index (χ0v) is 12.4. The van der Waals surface area contributed by atoms with Crippen LogP contribution in [0.1, 0.15) is 19.5 Å². The number of aliphatic carboxylic acids is 1. The summed E-state index contributed by atoms with van der Waals surface area (Å²) in [6.45, 7) is 4.67. The number of carbonyl (C=O) groups is 1. The Morgan fingerprint density at radius 2 is 2.05 bits per heavy atom. The summed E-state index contributed by atoms with van der Waals surface area (Å²) in [5, 5.41) is 8.98. The molecule has 7 nitrogen and oxygen atoms in total. The van der Waals surface area contributed by atoms with E-state index in [1.165, 1.54) is 6.92 Å². The van der Waals surface area contributed by atoms with Gasteiger partial charge in [0.1, 0.15) is 0 Å². The largest absolute Gasteiger partial charge is 0.481 e. The number of aromatic amines is 1. The summed E-state index contributed by atoms with van der Waals surface area (Å²) < 4.78 is 26.1. The Morgan fingerprint density at radius 3 is 2.42 bits per heavy atom. The van der Waals surface area contributed by atoms with Gasteiger partial charge in [-0.15, -0.1) is 0 Å². The lowest BCUT2D eigenvalue weighted by Crippen LogP contribution is -2.35. The smallest absolute Gasteiger partial charge is 0.308 e. The minimum Gasteiger partial charge on any atom is -0.481 e. The summed E-state index contributed by atoms with van der Waals surface area (Å²) in [6, 6.07) is 0. The molecule has 1 rings (SSSR count). The van der Waals surface area contributed by atoms with Crippen LogP contribution in [0.2, 0.25) is 0 Å². The van der Waals surface area contributed by atoms with Gasteiger partial charge in [0.15, 0.2) is 4.21 Å². The molecule has 0 saturated heterocycles. The number of hydrogen-bond acceptors (Lipinski definition) is 5. The maximum atomic E-state index is 12.0. The van der Waals surface area contributed by atoms with Crippen molar-refractivity contribution < 1.29 is 18.3 Å². The van der Waals surface area contributed by atoms with E-state index >= 15 is 0 Å². The SMILES string of the molecule is Cc1[nH]c(=O)sc1S(=O)(=O)NCC(C(=O)O)C(C)C. The van der Waals surface area contributed by atoms with Gasteiger partial charge in [-0.25, -0.2) is 13.1 Å². The minimum atomic E-state index is -3.86. The van der Waals surface area contributed by atoms with Gasteiger partial charge in [-0.1, -0.05) is 25.2 Å². The monoisotopic (exact) mass is 308 g/mol. The molecule has 0 aliphatic carbocycles. The van der Waals surface area contributed by atoms with E-state index in [0.717, 1.165) is 0 Å². The van der Waals surface area contributed by atoms with Gasteiger partial charge in [-0.3, -0.25) is 9.59 Å². The molecule has 1 heterocycles. The van der Waals surface area contributed by atoms with E-state index < -0.39 is 26.8 Å². The first kappa shape index (κ1) is 15.9. The van der Waals surface area contributed by atoms with Crippen LogP contribution in [0.4, 0.5) is 0 Å². The van der Waals surface area contributed by atoms with Crippen molar-refractivity contribution >= 4 is 27.3 Å². The maximum absolute atomic E-state index is 12.0. The van der Waals surface area contributed by atoms with E-state index in [1.807, 2.05) is 0 Å². The molecule has 9 heteroatoms. The van der Waals surface area contributed by atoms with Crippen molar-refractivity contribution in [2.24, 2.45) is 11.8 Å². The molecule has 0 aliphatic heterocycles. The second kappa shape index (κ2) is 5.85. The highest BCUT2D eigenvalue weighted by Gasteiger charge is 2.26. The van der Waals surface area contributed by atoms with Crippen molar-refractivity contribution in [3.8, 4) is 0 Å². The number of thiazole rings is 1. The number of carboxylic acids is 1. The van der Waals surface area contributed by atoms with Crippen molar-refractivity contribution in [1.82, 2.24) is 9.71 Å². The van der Waals surface area contributed by atoms with Crippen molar-refractivity contribution in [2.75, 3.05) is 6.54 Å². The highest BCUT2D eigenvalue weighted by molar-refractivity contribution is 7.91. The summed E-state index contributed by atoms with van der Waals surface area (Å²) in [5.74, 6) is -2.08. The second-order valence-electron chi connectivity index (χ2n) is 4.47. The lowest BCUT2D eigenvalue weighted by Gasteiger charge is -2.16. The Morgan fingerprint density at radius 1 is 1.47 bits per heavy atom. The van der Waals surface area contributed by atoms with Gasteiger partial charge in [-0.2, -0.15) is 0 Å². The summed E-state index contributed by atoms with van der Waals surface area (Å²) in [6.07, 6.45) is 0. The Balaban J connectivity index is 2.90. The predicted molar refractivity (Wildman–Crippen MR) is 70.8 cm³/mol. The van der Waals surface area contributed by atoms with Gasteiger partial charge in [-0.05, 0) is 12.8 Å². The first-order valence-corrected chi connectivity index (χ1v) is 7.87. The first-order chi connectivity index (χ1) is 8.65. The van der Waals surface area contributed by atoms with E-state index in [1.54, 1.807) is 13.8 Å². The molecule has 0 fully saturated rings. The van der Waals surface area contributed by atoms with Crippen molar-refractivity contribution in [3.05, 3.63) is 15.4 Å². The fourth-order valence-electron chi connectivity index (χ4n) is 1.52. The quantitative estimate of drug-likeness (QED) is 0.702. The van der Waals surface area contributed by atoms with Crippen LogP contribution in [-0.2, 0) is 14.8 Å². The summed E-state index contributed by atoms with van der Waals surface area (Å²) >= 11 is 0.581. The van der Waals surface area contributed by atoms with Crippen LogP contribution in [0.15, 0.2) is 9.00 Å². The maximum Gasteiger partial charge on any atom is 0.308 e. The Bertz CT molecular complexity index is 614. The molecule has 3 N–H and O–H groups in total. The van der Waals surface area contributed by atoms with Gasteiger partial charge < -0.3 is 10.1 Å². The van der Waals surface area contributed by atoms with Crippen LogP contribution >= 0.6 is 11.3 Å². The average molecular weight is 308 g/mol. The minimum absolute atomic E-state index is 0.106. The van der Waals surface area contributed by atoms with Crippen LogP contribution in [-0.4, -0.2) is 31.0 Å². The van der Waals surface area contributed by atoms with Crippen molar-refractivity contribution in [3.63, 3.8) is 0 Å². The molecule has 0 amide bonds. The number of carboxylic acid groups (broad SMARTS) is 1. The third-order valence-electron chi connectivity index (χ3n) is 2.64. The van der Waals surface area contributed by atoms with Crippen molar-refractivity contribution in [2.45, 2.75) is 25.0 Å². The molecule has 19 heavy (non-hydrogen) atoms. The van der Waals surface area contributed by atoms with Crippen LogP contribution in [0.5, 0.6) is 0 Å². The van der Waals surface area contributed by atoms with Gasteiger partial charge in [0.05, 0.1) is 5.92 Å². The van der Waals surface area contributed by atoms with Crippen LogP contribution in [0.3, 0.4) is 0 Å². The van der Waals surface area contributed by atoms with Gasteiger partial charge >= 0.3 is 10.8 Å². The number of nitrogens with one attached hydrogen (secondary N) is 2. The van der Waals surface area contributed by atoms with Crippen molar-refractivity contribution in [1.29, 1.82) is 0 Å². The molecule has 108 valence electrons. The number of aryl methyl sites for hydroxylation is 1. The molecule has 1 aromatic heterocycles. The van der Waals surface area contributed by atoms with Crippen LogP contribution < -0.4 is 9.60 Å². The van der Waals surface area contributed by atoms with E-state index in [2.05, 4.69) is 9.71 Å². The highest BCUT2D eigenvalue weighted by atomic mass is 32.2. The molecule has 0 radical (unpaired) electrons. The Hall–Kier alpha value is -1.19. The van der Waals surface area contributed by atoms with Gasteiger partial charge in [0.25, 0.3) is 10.0 Å². The predicted octanol–water partition coefficient (Wildman–Crippen LogP) is 0.380. The number of rotatable bonds is 6. The molecule has 0 saturated carbocycles. The fraction of sp³-hybridized carbons (Fsp3) is 0.600. The molecular formula is C10H16N2O5S2. The second-order valence-corrected chi connectivity index (χ2v) is 7.41. The summed E-state index contributed by atoms with van der Waals surface area (Å²) in [5.41, 5.74) is 0.249. The lowest BCUT2D eigenvalue weighted by atomic mass is 9.97. The Kier molecular flexibility index (Phi) is 4.88. The summed E-state index contributed by atoms with van der Waals surface area (Å²) in [4.78, 5) is 24.0. The number of aromatic nitrogens is 1. The molecular weight excluding hydrogens is 292 g/mol. The van der Waals surface area contributed by atoms with Gasteiger partial charge in [0.2, 0.25) is 0 Å². The Labute approximate surface area is 114 Å². The molecule has 0 aliphatic rings. The molecule has 1 atom stereocenters. The molecule has 1 aromatic rings. The third kappa shape index (κ3) is 3.88. The molecule has 1 unspecified atom stereocenters. The average Bonchev–Trinajstić information content (AvgIpc) is 2.57. The number of sulfonamides is 1. The number of hydrogen-bond donors (Lipinski definition) is 3. The third-order valence-corrected chi connectivity index (χ3v) is 5.67. The van der Waals surface area contributed by atoms with E-state index in [4.69, 9.17) is 5.11 Å². The van der Waals surface area contributed by atoms with Crippen LogP contribution in [0, 0.1) is 18.8 Å². The van der Waals surface area contributed by atoms with Gasteiger partial charge in [0, 0.05) is 12.2 Å². The van der Waals surface area contributed by atoms with E-state index in [9.17, 15) is 18.0 Å². The number of H-pyrrole nitrogens is 1. The van der Waals surface area contributed by atoms with Crippen LogP contribution in [0.25, 0.3) is 0 Å². The van der Waals surface area contributed by atoms with E-state index in [-0.39, 0.29) is 22.4 Å². The lowest BCUT2D eigenvalue weighted by molar-refractivity contribution is -0.142. The zero-order chi connectivity index (χ0) is 14.8. The molecule has 0 aromatic carbocycles. The zero-order valence-electron chi connectivity index (χ0n) is 10.8.